The Bertz CT molecular complexity index is 687. The van der Waals surface area contributed by atoms with Gasteiger partial charge in [0.1, 0.15) is 6.04 Å². The number of hydrogen-bond acceptors (Lipinski definition) is 5. The number of amides is 2. The van der Waals surface area contributed by atoms with Crippen LogP contribution in [0.3, 0.4) is 0 Å². The van der Waals surface area contributed by atoms with Gasteiger partial charge in [0.2, 0.25) is 11.8 Å². The molecule has 0 unspecified atom stereocenters. The fourth-order valence-corrected chi connectivity index (χ4v) is 3.21. The Morgan fingerprint density at radius 3 is 2.46 bits per heavy atom. The molecule has 0 aliphatic carbocycles. The summed E-state index contributed by atoms with van der Waals surface area (Å²) >= 11 is 6.23. The maximum Gasteiger partial charge on any atom is 0.245 e. The highest BCUT2D eigenvalue weighted by molar-refractivity contribution is 6.33. The Balaban J connectivity index is 1.97. The summed E-state index contributed by atoms with van der Waals surface area (Å²) in [6.07, 6.45) is 0.981. The lowest BCUT2D eigenvalue weighted by atomic mass is 10.1. The molecule has 1 aliphatic heterocycles. The molecule has 26 heavy (non-hydrogen) atoms. The van der Waals surface area contributed by atoms with Crippen molar-refractivity contribution in [2.24, 2.45) is 0 Å². The second kappa shape index (κ2) is 9.33. The van der Waals surface area contributed by atoms with E-state index in [0.717, 1.165) is 11.9 Å². The molecule has 1 aromatic carbocycles. The molecule has 0 bridgehead atoms. The molecule has 0 saturated carbocycles. The van der Waals surface area contributed by atoms with Gasteiger partial charge < -0.3 is 20.5 Å². The minimum atomic E-state index is -0.747. The zero-order valence-corrected chi connectivity index (χ0v) is 15.5. The number of rotatable bonds is 7. The monoisotopic (exact) mass is 378 g/mol. The van der Waals surface area contributed by atoms with Gasteiger partial charge >= 0.3 is 0 Å². The van der Waals surface area contributed by atoms with E-state index in [2.05, 4.69) is 10.2 Å². The summed E-state index contributed by atoms with van der Waals surface area (Å²) in [6, 6.07) is 6.83. The third-order valence-corrected chi connectivity index (χ3v) is 4.62. The highest BCUT2D eigenvalue weighted by Crippen LogP contribution is 2.26. The molecule has 7 nitrogen and oxygen atoms in total. The maximum atomic E-state index is 12.7. The van der Waals surface area contributed by atoms with E-state index in [1.54, 1.807) is 4.90 Å². The van der Waals surface area contributed by atoms with E-state index in [9.17, 15) is 14.4 Å². The van der Waals surface area contributed by atoms with Gasteiger partial charge in [-0.1, -0.05) is 23.7 Å². The molecule has 1 fully saturated rings. The highest BCUT2D eigenvalue weighted by atomic mass is 35.5. The van der Waals surface area contributed by atoms with Crippen LogP contribution in [0.4, 0.5) is 5.69 Å². The molecule has 2 N–H and O–H groups in total. The molecule has 140 valence electrons. The molecule has 0 aromatic heterocycles. The van der Waals surface area contributed by atoms with Crippen LogP contribution in [0.25, 0.3) is 0 Å². The number of carbonyl (C=O) groups excluding carboxylic acids is 3. The smallest absolute Gasteiger partial charge is 0.245 e. The Morgan fingerprint density at radius 2 is 1.88 bits per heavy atom. The topological polar surface area (TPSA) is 93.6 Å². The van der Waals surface area contributed by atoms with Gasteiger partial charge in [0, 0.05) is 39.5 Å². The standard InChI is InChI=1S/C18H23ClN4O3/c1-13(24)21-16(7-6-14(25)12-20)18(26)23-10-8-22(9-11-23)17-5-3-2-4-15(17)19/h2-5,12,16,20H,6-11H2,1H3,(H,21,24)/t16-/m0/s1. The van der Waals surface area contributed by atoms with Crippen molar-refractivity contribution in [3.05, 3.63) is 29.3 Å². The molecule has 1 aromatic rings. The fraction of sp³-hybridized carbons (Fsp3) is 0.444. The highest BCUT2D eigenvalue weighted by Gasteiger charge is 2.28. The van der Waals surface area contributed by atoms with Gasteiger partial charge in [-0.3, -0.25) is 14.4 Å². The molecule has 2 rings (SSSR count). The van der Waals surface area contributed by atoms with Crippen molar-refractivity contribution in [3.8, 4) is 0 Å². The molecular formula is C18H23ClN4O3. The normalized spacial score (nSPS) is 15.3. The lowest BCUT2D eigenvalue weighted by Crippen LogP contribution is -2.55. The number of para-hydroxylation sites is 1. The van der Waals surface area contributed by atoms with E-state index in [0.29, 0.717) is 31.2 Å². The Morgan fingerprint density at radius 1 is 1.23 bits per heavy atom. The van der Waals surface area contributed by atoms with Gasteiger partial charge in [0.05, 0.1) is 16.9 Å². The predicted octanol–water partition coefficient (Wildman–Crippen LogP) is 1.49. The SMILES string of the molecule is CC(=O)N[C@@H](CCC(=O)C=N)C(=O)N1CCN(c2ccccc2Cl)CC1. The van der Waals surface area contributed by atoms with Crippen LogP contribution in [0.2, 0.25) is 5.02 Å². The Kier molecular flexibility index (Phi) is 7.15. The number of piperazine rings is 1. The average Bonchev–Trinajstić information content (AvgIpc) is 2.64. The van der Waals surface area contributed by atoms with Gasteiger partial charge in [0.25, 0.3) is 0 Å². The fourth-order valence-electron chi connectivity index (χ4n) is 2.96. The van der Waals surface area contributed by atoms with E-state index in [-0.39, 0.29) is 30.4 Å². The second-order valence-corrected chi connectivity index (χ2v) is 6.57. The first kappa shape index (κ1) is 19.9. The van der Waals surface area contributed by atoms with Crippen LogP contribution in [0.5, 0.6) is 0 Å². The molecule has 0 spiro atoms. The summed E-state index contributed by atoms with van der Waals surface area (Å²) in [4.78, 5) is 39.3. The maximum absolute atomic E-state index is 12.7. The number of nitrogens with zero attached hydrogens (tertiary/aromatic N) is 2. The number of carbonyl (C=O) groups is 3. The minimum absolute atomic E-state index is 0.0553. The van der Waals surface area contributed by atoms with E-state index >= 15 is 0 Å². The van der Waals surface area contributed by atoms with Crippen molar-refractivity contribution >= 4 is 41.1 Å². The van der Waals surface area contributed by atoms with Crippen LogP contribution >= 0.6 is 11.6 Å². The van der Waals surface area contributed by atoms with Crippen molar-refractivity contribution in [1.29, 1.82) is 5.41 Å². The number of hydrogen-bond donors (Lipinski definition) is 2. The van der Waals surface area contributed by atoms with Crippen LogP contribution in [0.15, 0.2) is 24.3 Å². The van der Waals surface area contributed by atoms with Crippen LogP contribution < -0.4 is 10.2 Å². The van der Waals surface area contributed by atoms with Gasteiger partial charge in [0.15, 0.2) is 5.78 Å². The van der Waals surface area contributed by atoms with E-state index < -0.39 is 6.04 Å². The molecule has 8 heteroatoms. The van der Waals surface area contributed by atoms with E-state index in [1.165, 1.54) is 6.92 Å². The first-order valence-electron chi connectivity index (χ1n) is 8.51. The molecule has 1 saturated heterocycles. The van der Waals surface area contributed by atoms with Gasteiger partial charge in [-0.05, 0) is 18.6 Å². The third-order valence-electron chi connectivity index (χ3n) is 4.30. The van der Waals surface area contributed by atoms with Crippen LogP contribution in [-0.4, -0.2) is 60.9 Å². The average molecular weight is 379 g/mol. The number of Topliss-reactive ketones (excluding diaryl/α,β-unsaturated/α-hetero) is 1. The van der Waals surface area contributed by atoms with Gasteiger partial charge in [-0.15, -0.1) is 0 Å². The number of anilines is 1. The van der Waals surface area contributed by atoms with Gasteiger partial charge in [-0.25, -0.2) is 0 Å². The van der Waals surface area contributed by atoms with Gasteiger partial charge in [-0.2, -0.15) is 0 Å². The minimum Gasteiger partial charge on any atom is -0.367 e. The number of halogens is 1. The van der Waals surface area contributed by atoms with Crippen molar-refractivity contribution in [2.45, 2.75) is 25.8 Å². The third kappa shape index (κ3) is 5.29. The molecule has 0 radical (unpaired) electrons. The Labute approximate surface area is 157 Å². The van der Waals surface area contributed by atoms with Crippen LogP contribution in [-0.2, 0) is 14.4 Å². The largest absolute Gasteiger partial charge is 0.367 e. The summed E-state index contributed by atoms with van der Waals surface area (Å²) in [6.45, 7) is 3.65. The summed E-state index contributed by atoms with van der Waals surface area (Å²) in [5.41, 5.74) is 0.941. The second-order valence-electron chi connectivity index (χ2n) is 6.17. The number of nitrogens with one attached hydrogen (secondary N) is 2. The van der Waals surface area contributed by atoms with E-state index in [1.807, 2.05) is 24.3 Å². The Hall–Kier alpha value is -2.41. The zero-order chi connectivity index (χ0) is 19.1. The first-order valence-corrected chi connectivity index (χ1v) is 8.89. The summed E-state index contributed by atoms with van der Waals surface area (Å²) in [5, 5.41) is 10.2. The van der Waals surface area contributed by atoms with Crippen molar-refractivity contribution < 1.29 is 14.4 Å². The molecular weight excluding hydrogens is 356 g/mol. The lowest BCUT2D eigenvalue weighted by molar-refractivity contribution is -0.136. The van der Waals surface area contributed by atoms with Crippen molar-refractivity contribution in [2.75, 3.05) is 31.1 Å². The predicted molar refractivity (Wildman–Crippen MR) is 101 cm³/mol. The quantitative estimate of drug-likeness (QED) is 0.703. The molecule has 1 atom stereocenters. The van der Waals surface area contributed by atoms with Crippen molar-refractivity contribution in [1.82, 2.24) is 10.2 Å². The van der Waals surface area contributed by atoms with Crippen molar-refractivity contribution in [3.63, 3.8) is 0 Å². The van der Waals surface area contributed by atoms with Crippen LogP contribution in [0, 0.1) is 5.41 Å². The first-order chi connectivity index (χ1) is 12.4. The summed E-state index contributed by atoms with van der Waals surface area (Å²) in [7, 11) is 0. The number of benzene rings is 1. The van der Waals surface area contributed by atoms with E-state index in [4.69, 9.17) is 17.0 Å². The molecule has 2 amide bonds. The number of ketones is 1. The molecule has 1 aliphatic rings. The lowest BCUT2D eigenvalue weighted by Gasteiger charge is -2.38. The zero-order valence-electron chi connectivity index (χ0n) is 14.7. The molecule has 1 heterocycles. The summed E-state index contributed by atoms with van der Waals surface area (Å²) < 4.78 is 0. The van der Waals surface area contributed by atoms with Crippen LogP contribution in [0.1, 0.15) is 19.8 Å². The summed E-state index contributed by atoms with van der Waals surface area (Å²) in [5.74, 6) is -0.881.